The van der Waals surface area contributed by atoms with Crippen molar-refractivity contribution in [1.82, 2.24) is 15.5 Å². The predicted molar refractivity (Wildman–Crippen MR) is 107 cm³/mol. The van der Waals surface area contributed by atoms with Crippen LogP contribution >= 0.6 is 11.8 Å². The molecule has 29 heavy (non-hydrogen) atoms. The second kappa shape index (κ2) is 9.33. The number of rotatable bonds is 8. The van der Waals surface area contributed by atoms with E-state index < -0.39 is 17.5 Å². The van der Waals surface area contributed by atoms with Crippen LogP contribution in [0, 0.1) is 0 Å². The van der Waals surface area contributed by atoms with E-state index in [1.54, 1.807) is 0 Å². The van der Waals surface area contributed by atoms with Gasteiger partial charge in [-0.1, -0.05) is 30.3 Å². The molecule has 3 rings (SSSR count). The first-order valence-electron chi connectivity index (χ1n) is 8.92. The Balaban J connectivity index is 1.49. The molecule has 0 saturated carbocycles. The number of fused-ring (bicyclic) bond motifs is 1. The number of H-pyrrole nitrogens is 1. The molecule has 150 valence electrons. The van der Waals surface area contributed by atoms with Crippen molar-refractivity contribution in [3.63, 3.8) is 0 Å². The standard InChI is InChI=1S/C20H19N3O5S/c1-28-20(27)18-16-17(22-23-18)13(24)11-14(19(16)26)29-9-5-8-21-15(25)10-12-6-3-2-4-7-12/h2-4,6-7,11H,5,8-10H2,1H3,(H,21,25)(H,22,23). The van der Waals surface area contributed by atoms with Gasteiger partial charge in [-0.05, 0) is 17.7 Å². The first-order valence-corrected chi connectivity index (χ1v) is 9.90. The summed E-state index contributed by atoms with van der Waals surface area (Å²) in [6.07, 6.45) is 2.16. The number of carbonyl (C=O) groups is 4. The fraction of sp³-hybridized carbons (Fsp3) is 0.250. The summed E-state index contributed by atoms with van der Waals surface area (Å²) in [6.45, 7) is 0.457. The summed E-state index contributed by atoms with van der Waals surface area (Å²) < 4.78 is 4.62. The highest BCUT2D eigenvalue weighted by molar-refractivity contribution is 8.04. The van der Waals surface area contributed by atoms with E-state index in [-0.39, 0.29) is 27.8 Å². The van der Waals surface area contributed by atoms with Crippen molar-refractivity contribution < 1.29 is 23.9 Å². The van der Waals surface area contributed by atoms with Gasteiger partial charge in [0.25, 0.3) is 0 Å². The number of nitrogens with zero attached hydrogens (tertiary/aromatic N) is 1. The Kier molecular flexibility index (Phi) is 6.61. The maximum Gasteiger partial charge on any atom is 0.356 e. The predicted octanol–water partition coefficient (Wildman–Crippen LogP) is 1.94. The van der Waals surface area contributed by atoms with Crippen LogP contribution in [0.5, 0.6) is 0 Å². The number of hydrogen-bond acceptors (Lipinski definition) is 7. The van der Waals surface area contributed by atoms with Gasteiger partial charge in [0.05, 0.1) is 24.0 Å². The minimum absolute atomic E-state index is 0.0528. The lowest BCUT2D eigenvalue weighted by atomic mass is 9.99. The van der Waals surface area contributed by atoms with Crippen molar-refractivity contribution in [2.75, 3.05) is 19.4 Å². The molecule has 1 aliphatic rings. The molecule has 2 N–H and O–H groups in total. The molecule has 1 heterocycles. The summed E-state index contributed by atoms with van der Waals surface area (Å²) in [7, 11) is 1.18. The number of aromatic amines is 1. The molecule has 2 aromatic rings. The third-order valence-corrected chi connectivity index (χ3v) is 5.32. The van der Waals surface area contributed by atoms with E-state index in [1.165, 1.54) is 24.9 Å². The molecule has 0 bridgehead atoms. The molecule has 1 aromatic heterocycles. The van der Waals surface area contributed by atoms with Crippen LogP contribution in [0.25, 0.3) is 0 Å². The molecule has 1 aromatic carbocycles. The van der Waals surface area contributed by atoms with Crippen LogP contribution < -0.4 is 5.32 Å². The number of esters is 1. The zero-order chi connectivity index (χ0) is 20.8. The molecule has 1 amide bonds. The Hall–Kier alpha value is -3.20. The smallest absolute Gasteiger partial charge is 0.356 e. The highest BCUT2D eigenvalue weighted by Gasteiger charge is 2.34. The van der Waals surface area contributed by atoms with Crippen LogP contribution in [0.2, 0.25) is 0 Å². The Morgan fingerprint density at radius 3 is 2.69 bits per heavy atom. The van der Waals surface area contributed by atoms with Crippen molar-refractivity contribution in [1.29, 1.82) is 0 Å². The van der Waals surface area contributed by atoms with Crippen molar-refractivity contribution >= 4 is 35.2 Å². The summed E-state index contributed by atoms with van der Waals surface area (Å²) in [5, 5.41) is 8.99. The molecule has 0 saturated heterocycles. The fourth-order valence-corrected chi connectivity index (χ4v) is 3.73. The van der Waals surface area contributed by atoms with E-state index in [4.69, 9.17) is 0 Å². The highest BCUT2D eigenvalue weighted by Crippen LogP contribution is 2.29. The SMILES string of the molecule is COC(=O)c1[nH]nc2c1C(=O)C(SCCCNC(=O)Cc1ccccc1)=CC2=O. The number of benzene rings is 1. The first kappa shape index (κ1) is 20.5. The second-order valence-electron chi connectivity index (χ2n) is 6.23. The third-order valence-electron chi connectivity index (χ3n) is 4.21. The molecule has 0 atom stereocenters. The summed E-state index contributed by atoms with van der Waals surface area (Å²) in [6, 6.07) is 9.44. The lowest BCUT2D eigenvalue weighted by Crippen LogP contribution is -2.26. The number of ketones is 2. The Bertz CT molecular complexity index is 981. The number of carbonyl (C=O) groups excluding carboxylic acids is 4. The molecule has 0 radical (unpaired) electrons. The van der Waals surface area contributed by atoms with Gasteiger partial charge in [-0.3, -0.25) is 19.5 Å². The molecule has 0 spiro atoms. The topological polar surface area (TPSA) is 118 Å². The zero-order valence-electron chi connectivity index (χ0n) is 15.7. The van der Waals surface area contributed by atoms with E-state index in [9.17, 15) is 19.2 Å². The van der Waals surface area contributed by atoms with Gasteiger partial charge in [0, 0.05) is 12.6 Å². The molecule has 0 unspecified atom stereocenters. The van der Waals surface area contributed by atoms with E-state index in [0.29, 0.717) is 25.1 Å². The van der Waals surface area contributed by atoms with Gasteiger partial charge in [-0.25, -0.2) is 4.79 Å². The zero-order valence-corrected chi connectivity index (χ0v) is 16.5. The Morgan fingerprint density at radius 2 is 1.97 bits per heavy atom. The van der Waals surface area contributed by atoms with Gasteiger partial charge >= 0.3 is 5.97 Å². The van der Waals surface area contributed by atoms with Crippen molar-refractivity contribution in [3.05, 3.63) is 63.8 Å². The maximum absolute atomic E-state index is 12.7. The molecule has 9 heteroatoms. The first-order chi connectivity index (χ1) is 14.0. The number of aromatic nitrogens is 2. The van der Waals surface area contributed by atoms with Crippen molar-refractivity contribution in [2.45, 2.75) is 12.8 Å². The highest BCUT2D eigenvalue weighted by atomic mass is 32.2. The van der Waals surface area contributed by atoms with Crippen LogP contribution in [0.3, 0.4) is 0 Å². The lowest BCUT2D eigenvalue weighted by Gasteiger charge is -2.11. The Labute approximate surface area is 171 Å². The van der Waals surface area contributed by atoms with Crippen LogP contribution in [0.15, 0.2) is 41.3 Å². The average molecular weight is 413 g/mol. The van der Waals surface area contributed by atoms with E-state index >= 15 is 0 Å². The minimum atomic E-state index is -0.757. The molecule has 0 fully saturated rings. The third kappa shape index (κ3) is 4.80. The van der Waals surface area contributed by atoms with Crippen LogP contribution in [-0.4, -0.2) is 53.0 Å². The maximum atomic E-state index is 12.7. The summed E-state index contributed by atoms with van der Waals surface area (Å²) in [5.74, 6) is -1.18. The van der Waals surface area contributed by atoms with Crippen LogP contribution in [-0.2, 0) is 16.0 Å². The molecule has 0 aliphatic heterocycles. The molecule has 8 nitrogen and oxygen atoms in total. The van der Waals surface area contributed by atoms with Crippen molar-refractivity contribution in [2.24, 2.45) is 0 Å². The Morgan fingerprint density at radius 1 is 1.21 bits per heavy atom. The van der Waals surface area contributed by atoms with Crippen LogP contribution in [0.1, 0.15) is 43.3 Å². The summed E-state index contributed by atoms with van der Waals surface area (Å²) in [5.41, 5.74) is 0.685. The number of allylic oxidation sites excluding steroid dienone is 2. The number of hydrogen-bond donors (Lipinski definition) is 2. The quantitative estimate of drug-likeness (QED) is 0.501. The van der Waals surface area contributed by atoms with Gasteiger partial charge < -0.3 is 10.1 Å². The fourth-order valence-electron chi connectivity index (χ4n) is 2.80. The van der Waals surface area contributed by atoms with Gasteiger partial charge in [0.2, 0.25) is 17.5 Å². The normalized spacial score (nSPS) is 12.9. The molecule has 1 aliphatic carbocycles. The van der Waals surface area contributed by atoms with E-state index in [2.05, 4.69) is 20.3 Å². The van der Waals surface area contributed by atoms with Gasteiger partial charge in [0.1, 0.15) is 5.69 Å². The van der Waals surface area contributed by atoms with E-state index in [0.717, 1.165) is 5.56 Å². The van der Waals surface area contributed by atoms with Gasteiger partial charge in [0.15, 0.2) is 5.69 Å². The van der Waals surface area contributed by atoms with E-state index in [1.807, 2.05) is 30.3 Å². The summed E-state index contributed by atoms with van der Waals surface area (Å²) in [4.78, 5) is 48.8. The number of thioether (sulfide) groups is 1. The minimum Gasteiger partial charge on any atom is -0.464 e. The second-order valence-corrected chi connectivity index (χ2v) is 7.37. The van der Waals surface area contributed by atoms with Gasteiger partial charge in [-0.2, -0.15) is 5.10 Å². The van der Waals surface area contributed by atoms with Crippen molar-refractivity contribution in [3.8, 4) is 0 Å². The number of amides is 1. The van der Waals surface area contributed by atoms with Gasteiger partial charge in [-0.15, -0.1) is 11.8 Å². The number of nitrogens with one attached hydrogen (secondary N) is 2. The number of ether oxygens (including phenoxy) is 1. The number of methoxy groups -OCH3 is 1. The lowest BCUT2D eigenvalue weighted by molar-refractivity contribution is -0.120. The largest absolute Gasteiger partial charge is 0.464 e. The summed E-state index contributed by atoms with van der Waals surface area (Å²) >= 11 is 1.21. The molecular weight excluding hydrogens is 394 g/mol. The molecular formula is C20H19N3O5S. The average Bonchev–Trinajstić information content (AvgIpc) is 3.17. The number of Topliss-reactive ketones (excluding diaryl/α,β-unsaturated/α-hetero) is 1. The monoisotopic (exact) mass is 413 g/mol. The van der Waals surface area contributed by atoms with Crippen LogP contribution in [0.4, 0.5) is 0 Å².